The van der Waals surface area contributed by atoms with Gasteiger partial charge in [-0.2, -0.15) is 0 Å². The molecule has 0 fully saturated rings. The fraction of sp³-hybridized carbons (Fsp3) is 0.278. The molecule has 4 heteroatoms. The third kappa shape index (κ3) is 3.71. The maximum absolute atomic E-state index is 12.8. The van der Waals surface area contributed by atoms with Crippen LogP contribution in [0.5, 0.6) is 0 Å². The monoisotopic (exact) mass is 299 g/mol. The number of hydrogen-bond acceptors (Lipinski definition) is 2. The Balaban J connectivity index is 1.49. The molecular weight excluding hydrogens is 281 g/mol. The van der Waals surface area contributed by atoms with Crippen LogP contribution in [0.15, 0.2) is 48.5 Å². The van der Waals surface area contributed by atoms with Gasteiger partial charge in [0.15, 0.2) is 0 Å². The second-order valence-electron chi connectivity index (χ2n) is 5.51. The Morgan fingerprint density at radius 1 is 1.14 bits per heavy atom. The molecule has 0 aliphatic carbocycles. The third-order valence-corrected chi connectivity index (χ3v) is 3.85. The minimum absolute atomic E-state index is 0.00654. The number of halogens is 1. The highest BCUT2D eigenvalue weighted by Gasteiger charge is 2.19. The average Bonchev–Trinajstić information content (AvgIpc) is 2.55. The number of fused-ring (bicyclic) bond motifs is 1. The van der Waals surface area contributed by atoms with Crippen LogP contribution in [-0.4, -0.2) is 18.6 Å². The summed E-state index contributed by atoms with van der Waals surface area (Å²) in [6.45, 7) is 1.09. The molecule has 0 aromatic heterocycles. The summed E-state index contributed by atoms with van der Waals surface area (Å²) < 4.78 is 18.6. The van der Waals surface area contributed by atoms with E-state index < -0.39 is 0 Å². The van der Waals surface area contributed by atoms with Crippen molar-refractivity contribution in [1.82, 2.24) is 5.32 Å². The summed E-state index contributed by atoms with van der Waals surface area (Å²) in [4.78, 5) is 11.9. The van der Waals surface area contributed by atoms with Crippen LogP contribution >= 0.6 is 0 Å². The molecule has 1 unspecified atom stereocenters. The van der Waals surface area contributed by atoms with Crippen molar-refractivity contribution < 1.29 is 13.9 Å². The van der Waals surface area contributed by atoms with Crippen molar-refractivity contribution >= 4 is 5.91 Å². The zero-order valence-corrected chi connectivity index (χ0v) is 12.2. The van der Waals surface area contributed by atoms with E-state index in [9.17, 15) is 9.18 Å². The highest BCUT2D eigenvalue weighted by molar-refractivity contribution is 5.78. The molecule has 0 bridgehead atoms. The number of nitrogens with one attached hydrogen (secondary N) is 1. The van der Waals surface area contributed by atoms with Crippen LogP contribution in [0.2, 0.25) is 0 Å². The summed E-state index contributed by atoms with van der Waals surface area (Å²) >= 11 is 0. The van der Waals surface area contributed by atoms with E-state index in [4.69, 9.17) is 4.74 Å². The minimum atomic E-state index is -0.293. The van der Waals surface area contributed by atoms with Gasteiger partial charge in [-0.25, -0.2) is 4.39 Å². The summed E-state index contributed by atoms with van der Waals surface area (Å²) in [6, 6.07) is 14.2. The predicted molar refractivity (Wildman–Crippen MR) is 81.8 cm³/mol. The van der Waals surface area contributed by atoms with E-state index in [0.29, 0.717) is 13.2 Å². The Hall–Kier alpha value is -2.20. The summed E-state index contributed by atoms with van der Waals surface area (Å²) in [7, 11) is 0. The molecule has 22 heavy (non-hydrogen) atoms. The van der Waals surface area contributed by atoms with Gasteiger partial charge < -0.3 is 10.1 Å². The molecule has 3 rings (SSSR count). The maximum Gasteiger partial charge on any atom is 0.224 e. The molecule has 3 nitrogen and oxygen atoms in total. The fourth-order valence-corrected chi connectivity index (χ4v) is 2.62. The van der Waals surface area contributed by atoms with Gasteiger partial charge in [-0.1, -0.05) is 36.4 Å². The van der Waals surface area contributed by atoms with E-state index in [0.717, 1.165) is 12.0 Å². The summed E-state index contributed by atoms with van der Waals surface area (Å²) in [5.74, 6) is -0.368. The normalized spacial score (nSPS) is 16.9. The molecule has 1 atom stereocenters. The van der Waals surface area contributed by atoms with Crippen LogP contribution < -0.4 is 5.32 Å². The summed E-state index contributed by atoms with van der Waals surface area (Å²) in [5.41, 5.74) is 3.30. The van der Waals surface area contributed by atoms with Crippen molar-refractivity contribution in [2.45, 2.75) is 25.6 Å². The highest BCUT2D eigenvalue weighted by atomic mass is 19.1. The zero-order chi connectivity index (χ0) is 15.4. The van der Waals surface area contributed by atoms with Crippen molar-refractivity contribution in [3.05, 3.63) is 71.0 Å². The lowest BCUT2D eigenvalue weighted by Crippen LogP contribution is -2.37. The number of carbonyl (C=O) groups is 1. The molecule has 0 saturated heterocycles. The van der Waals surface area contributed by atoms with Gasteiger partial charge in [0, 0.05) is 13.0 Å². The van der Waals surface area contributed by atoms with E-state index in [2.05, 4.69) is 17.4 Å². The third-order valence-electron chi connectivity index (χ3n) is 3.85. The first-order valence-corrected chi connectivity index (χ1v) is 7.40. The Bertz CT molecular complexity index is 654. The SMILES string of the molecule is O=C(Cc1ccc(F)cc1)NCC1Cc2ccccc2CO1. The second kappa shape index (κ2) is 6.71. The summed E-state index contributed by atoms with van der Waals surface area (Å²) in [6.07, 6.45) is 1.07. The Labute approximate surface area is 129 Å². The molecule has 1 aliphatic heterocycles. The van der Waals surface area contributed by atoms with Gasteiger partial charge in [0.25, 0.3) is 0 Å². The fourth-order valence-electron chi connectivity index (χ4n) is 2.62. The quantitative estimate of drug-likeness (QED) is 0.942. The van der Waals surface area contributed by atoms with Gasteiger partial charge in [-0.05, 0) is 28.8 Å². The second-order valence-corrected chi connectivity index (χ2v) is 5.51. The first-order chi connectivity index (χ1) is 10.7. The van der Waals surface area contributed by atoms with Crippen LogP contribution in [0.25, 0.3) is 0 Å². The van der Waals surface area contributed by atoms with Crippen molar-refractivity contribution in [1.29, 1.82) is 0 Å². The van der Waals surface area contributed by atoms with Gasteiger partial charge in [0.1, 0.15) is 5.82 Å². The number of rotatable bonds is 4. The molecule has 0 saturated carbocycles. The van der Waals surface area contributed by atoms with E-state index in [1.54, 1.807) is 12.1 Å². The number of hydrogen-bond donors (Lipinski definition) is 1. The predicted octanol–water partition coefficient (Wildman–Crippen LogP) is 2.63. The van der Waals surface area contributed by atoms with E-state index in [1.807, 2.05) is 12.1 Å². The first kappa shape index (κ1) is 14.7. The van der Waals surface area contributed by atoms with Crippen LogP contribution in [0.4, 0.5) is 4.39 Å². The Kier molecular flexibility index (Phi) is 4.49. The van der Waals surface area contributed by atoms with E-state index in [1.165, 1.54) is 23.3 Å². The topological polar surface area (TPSA) is 38.3 Å². The lowest BCUT2D eigenvalue weighted by molar-refractivity contribution is -0.121. The van der Waals surface area contributed by atoms with Gasteiger partial charge in [-0.3, -0.25) is 4.79 Å². The van der Waals surface area contributed by atoms with Crippen LogP contribution in [0, 0.1) is 5.82 Å². The minimum Gasteiger partial charge on any atom is -0.371 e. The van der Waals surface area contributed by atoms with E-state index in [-0.39, 0.29) is 24.2 Å². The van der Waals surface area contributed by atoms with Gasteiger partial charge >= 0.3 is 0 Å². The first-order valence-electron chi connectivity index (χ1n) is 7.40. The number of amides is 1. The smallest absolute Gasteiger partial charge is 0.224 e. The number of ether oxygens (including phenoxy) is 1. The molecular formula is C18H18FNO2. The molecule has 1 amide bonds. The van der Waals surface area contributed by atoms with Crippen molar-refractivity contribution in [2.75, 3.05) is 6.54 Å². The standard InChI is InChI=1S/C18H18FNO2/c19-16-7-5-13(6-8-16)9-18(21)20-11-17-10-14-3-1-2-4-15(14)12-22-17/h1-8,17H,9-12H2,(H,20,21). The van der Waals surface area contributed by atoms with Crippen LogP contribution in [-0.2, 0) is 29.0 Å². The summed E-state index contributed by atoms with van der Waals surface area (Å²) in [5, 5.41) is 2.89. The number of carbonyl (C=O) groups excluding carboxylic acids is 1. The van der Waals surface area contributed by atoms with Crippen molar-refractivity contribution in [3.63, 3.8) is 0 Å². The molecule has 2 aromatic carbocycles. The Morgan fingerprint density at radius 3 is 2.64 bits per heavy atom. The van der Waals surface area contributed by atoms with Gasteiger partial charge in [0.2, 0.25) is 5.91 Å². The lowest BCUT2D eigenvalue weighted by Gasteiger charge is -2.25. The molecule has 1 N–H and O–H groups in total. The zero-order valence-electron chi connectivity index (χ0n) is 12.2. The van der Waals surface area contributed by atoms with Crippen molar-refractivity contribution in [2.24, 2.45) is 0 Å². The maximum atomic E-state index is 12.8. The van der Waals surface area contributed by atoms with E-state index >= 15 is 0 Å². The number of benzene rings is 2. The van der Waals surface area contributed by atoms with Gasteiger partial charge in [0.05, 0.1) is 19.1 Å². The highest BCUT2D eigenvalue weighted by Crippen LogP contribution is 2.19. The average molecular weight is 299 g/mol. The van der Waals surface area contributed by atoms with Gasteiger partial charge in [-0.15, -0.1) is 0 Å². The molecule has 1 aliphatic rings. The largest absolute Gasteiger partial charge is 0.371 e. The van der Waals surface area contributed by atoms with Crippen LogP contribution in [0.1, 0.15) is 16.7 Å². The molecule has 114 valence electrons. The molecule has 0 radical (unpaired) electrons. The lowest BCUT2D eigenvalue weighted by atomic mass is 9.99. The molecule has 1 heterocycles. The van der Waals surface area contributed by atoms with Crippen molar-refractivity contribution in [3.8, 4) is 0 Å². The molecule has 2 aromatic rings. The molecule has 0 spiro atoms. The Morgan fingerprint density at radius 2 is 1.86 bits per heavy atom. The van der Waals surface area contributed by atoms with Crippen LogP contribution in [0.3, 0.4) is 0 Å².